The van der Waals surface area contributed by atoms with E-state index in [0.717, 1.165) is 31.6 Å². The summed E-state index contributed by atoms with van der Waals surface area (Å²) in [5.41, 5.74) is 2.63. The second-order valence-electron chi connectivity index (χ2n) is 10.3. The fourth-order valence-corrected chi connectivity index (χ4v) is 6.83. The van der Waals surface area contributed by atoms with Gasteiger partial charge in [0.15, 0.2) is 5.79 Å². The van der Waals surface area contributed by atoms with Crippen molar-refractivity contribution in [3.05, 3.63) is 48.0 Å². The maximum absolute atomic E-state index is 6.34. The molecular weight excluding hydrogens is 376 g/mol. The summed E-state index contributed by atoms with van der Waals surface area (Å²) in [5.74, 6) is 0.851. The third-order valence-electron chi connectivity index (χ3n) is 8.92. The number of rotatable bonds is 3. The van der Waals surface area contributed by atoms with Gasteiger partial charge in [-0.25, -0.2) is 0 Å². The molecule has 0 unspecified atom stereocenters. The molecular formula is C26H36O4. The van der Waals surface area contributed by atoms with E-state index in [1.54, 1.807) is 12.5 Å². The Morgan fingerprint density at radius 2 is 1.93 bits per heavy atom. The third kappa shape index (κ3) is 3.14. The lowest BCUT2D eigenvalue weighted by Gasteiger charge is -2.62. The van der Waals surface area contributed by atoms with Crippen molar-refractivity contribution in [2.75, 3.05) is 19.8 Å². The molecule has 3 fully saturated rings. The van der Waals surface area contributed by atoms with Crippen LogP contribution < -0.4 is 0 Å². The molecule has 0 aromatic carbocycles. The van der Waals surface area contributed by atoms with E-state index in [4.69, 9.17) is 18.6 Å². The zero-order chi connectivity index (χ0) is 20.8. The predicted octanol–water partition coefficient (Wildman–Crippen LogP) is 6.21. The minimum atomic E-state index is -0.365. The van der Waals surface area contributed by atoms with Crippen molar-refractivity contribution in [1.29, 1.82) is 0 Å². The first-order chi connectivity index (χ1) is 14.5. The van der Waals surface area contributed by atoms with Crippen LogP contribution >= 0.6 is 0 Å². The molecule has 1 aromatic heterocycles. The van der Waals surface area contributed by atoms with Gasteiger partial charge in [-0.1, -0.05) is 39.0 Å². The average Bonchev–Trinajstić information content (AvgIpc) is 3.45. The minimum Gasteiger partial charge on any atom is -0.472 e. The summed E-state index contributed by atoms with van der Waals surface area (Å²) in [6.07, 6.45) is 17.6. The van der Waals surface area contributed by atoms with Crippen LogP contribution in [0.25, 0.3) is 0 Å². The van der Waals surface area contributed by atoms with Gasteiger partial charge in [0.05, 0.1) is 38.5 Å². The van der Waals surface area contributed by atoms with Crippen molar-refractivity contribution in [1.82, 2.24) is 0 Å². The Hall–Kier alpha value is -1.36. The van der Waals surface area contributed by atoms with Crippen LogP contribution in [0.1, 0.15) is 71.0 Å². The molecule has 1 spiro atoms. The SMILES string of the molecule is C[C@H]1CC[C@]2(C)[C@H](CCCC23OCCO3)[C@@]1(C)/C=C\C1=CC[C@H](c2ccoc2)OC1. The van der Waals surface area contributed by atoms with E-state index in [0.29, 0.717) is 18.4 Å². The van der Waals surface area contributed by atoms with Crippen LogP contribution in [0.4, 0.5) is 0 Å². The summed E-state index contributed by atoms with van der Waals surface area (Å²) >= 11 is 0. The quantitative estimate of drug-likeness (QED) is 0.592. The van der Waals surface area contributed by atoms with Gasteiger partial charge < -0.3 is 18.6 Å². The number of furan rings is 1. The average molecular weight is 413 g/mol. The first-order valence-electron chi connectivity index (χ1n) is 11.8. The van der Waals surface area contributed by atoms with Gasteiger partial charge in [0.1, 0.15) is 0 Å². The molecule has 0 amide bonds. The van der Waals surface area contributed by atoms with Gasteiger partial charge in [0.2, 0.25) is 0 Å². The first kappa shape index (κ1) is 20.5. The third-order valence-corrected chi connectivity index (χ3v) is 8.92. The van der Waals surface area contributed by atoms with Gasteiger partial charge in [-0.3, -0.25) is 0 Å². The molecule has 164 valence electrons. The molecule has 0 bridgehead atoms. The number of hydrogen-bond acceptors (Lipinski definition) is 4. The minimum absolute atomic E-state index is 0.0805. The highest BCUT2D eigenvalue weighted by Crippen LogP contribution is 2.65. The molecule has 1 saturated heterocycles. The van der Waals surface area contributed by atoms with Gasteiger partial charge in [0.25, 0.3) is 0 Å². The smallest absolute Gasteiger partial charge is 0.174 e. The first-order valence-corrected chi connectivity index (χ1v) is 11.8. The van der Waals surface area contributed by atoms with Crippen molar-refractivity contribution < 1.29 is 18.6 Å². The zero-order valence-corrected chi connectivity index (χ0v) is 18.7. The molecule has 4 nitrogen and oxygen atoms in total. The maximum Gasteiger partial charge on any atom is 0.174 e. The lowest BCUT2D eigenvalue weighted by molar-refractivity contribution is -0.292. The van der Waals surface area contributed by atoms with Gasteiger partial charge in [-0.2, -0.15) is 0 Å². The Morgan fingerprint density at radius 3 is 2.63 bits per heavy atom. The zero-order valence-electron chi connectivity index (χ0n) is 18.7. The molecule has 2 saturated carbocycles. The molecule has 3 heterocycles. The van der Waals surface area contributed by atoms with E-state index in [2.05, 4.69) is 39.0 Å². The Morgan fingerprint density at radius 1 is 1.10 bits per heavy atom. The van der Waals surface area contributed by atoms with Crippen LogP contribution in [0.5, 0.6) is 0 Å². The van der Waals surface area contributed by atoms with E-state index in [9.17, 15) is 0 Å². The lowest BCUT2D eigenvalue weighted by Crippen LogP contribution is -2.61. The summed E-state index contributed by atoms with van der Waals surface area (Å²) in [5, 5.41) is 0. The number of hydrogen-bond donors (Lipinski definition) is 0. The molecule has 4 aliphatic rings. The highest BCUT2D eigenvalue weighted by atomic mass is 16.7. The number of fused-ring (bicyclic) bond motifs is 2. The van der Waals surface area contributed by atoms with Crippen LogP contribution in [0.3, 0.4) is 0 Å². The highest BCUT2D eigenvalue weighted by Gasteiger charge is 2.64. The predicted molar refractivity (Wildman–Crippen MR) is 116 cm³/mol. The summed E-state index contributed by atoms with van der Waals surface area (Å²) < 4.78 is 24.0. The van der Waals surface area contributed by atoms with E-state index in [1.807, 2.05) is 6.07 Å². The Balaban J connectivity index is 1.37. The second kappa shape index (κ2) is 7.65. The Labute approximate surface area is 180 Å². The summed E-state index contributed by atoms with van der Waals surface area (Å²) in [7, 11) is 0. The van der Waals surface area contributed by atoms with Gasteiger partial charge in [0, 0.05) is 17.4 Å². The summed E-state index contributed by atoms with van der Waals surface area (Å²) in [6.45, 7) is 9.50. The van der Waals surface area contributed by atoms with Crippen molar-refractivity contribution in [3.8, 4) is 0 Å². The summed E-state index contributed by atoms with van der Waals surface area (Å²) in [4.78, 5) is 0. The van der Waals surface area contributed by atoms with Crippen LogP contribution in [0.2, 0.25) is 0 Å². The Kier molecular flexibility index (Phi) is 5.24. The summed E-state index contributed by atoms with van der Waals surface area (Å²) in [6, 6.07) is 2.00. The molecule has 0 radical (unpaired) electrons. The van der Waals surface area contributed by atoms with Crippen molar-refractivity contribution in [2.45, 2.75) is 71.2 Å². The van der Waals surface area contributed by atoms with Crippen molar-refractivity contribution >= 4 is 0 Å². The monoisotopic (exact) mass is 412 g/mol. The van der Waals surface area contributed by atoms with E-state index < -0.39 is 0 Å². The van der Waals surface area contributed by atoms with Gasteiger partial charge in [-0.15, -0.1) is 0 Å². The topological polar surface area (TPSA) is 40.8 Å². The van der Waals surface area contributed by atoms with Crippen molar-refractivity contribution in [2.24, 2.45) is 22.7 Å². The van der Waals surface area contributed by atoms with Crippen LogP contribution in [0, 0.1) is 22.7 Å². The van der Waals surface area contributed by atoms with Crippen LogP contribution in [-0.2, 0) is 14.2 Å². The molecule has 30 heavy (non-hydrogen) atoms. The molecule has 4 heteroatoms. The fraction of sp³-hybridized carbons (Fsp3) is 0.692. The van der Waals surface area contributed by atoms with Gasteiger partial charge >= 0.3 is 0 Å². The molecule has 5 atom stereocenters. The number of allylic oxidation sites excluding steroid dienone is 1. The van der Waals surface area contributed by atoms with Gasteiger partial charge in [-0.05, 0) is 61.0 Å². The Bertz CT molecular complexity index is 803. The normalized spacial score (nSPS) is 41.2. The maximum atomic E-state index is 6.34. The van der Waals surface area contributed by atoms with Crippen LogP contribution in [0.15, 0.2) is 46.8 Å². The lowest BCUT2D eigenvalue weighted by atomic mass is 9.46. The van der Waals surface area contributed by atoms with Crippen molar-refractivity contribution in [3.63, 3.8) is 0 Å². The van der Waals surface area contributed by atoms with Crippen LogP contribution in [-0.4, -0.2) is 25.6 Å². The highest BCUT2D eigenvalue weighted by molar-refractivity contribution is 5.27. The largest absolute Gasteiger partial charge is 0.472 e. The van der Waals surface area contributed by atoms with E-state index >= 15 is 0 Å². The molecule has 5 rings (SSSR count). The van der Waals surface area contributed by atoms with E-state index in [-0.39, 0.29) is 22.7 Å². The molecule has 0 N–H and O–H groups in total. The standard InChI is InChI=1S/C26H36O4/c1-19-8-13-25(3)23(5-4-11-26(25)29-15-16-30-26)24(19,2)12-9-20-6-7-22(28-17-20)21-10-14-27-18-21/h6,9-10,12,14,18-19,22-23H,4-5,7-8,11,13,15-17H2,1-3H3/b12-9-/t19-,22+,23+,24-,25+/m0/s1. The van der Waals surface area contributed by atoms with E-state index in [1.165, 1.54) is 31.3 Å². The molecule has 2 aliphatic heterocycles. The number of ether oxygens (including phenoxy) is 3. The molecule has 2 aliphatic carbocycles. The second-order valence-corrected chi connectivity index (χ2v) is 10.3. The molecule has 1 aromatic rings. The fourth-order valence-electron chi connectivity index (χ4n) is 6.83.